The highest BCUT2D eigenvalue weighted by molar-refractivity contribution is 5.93. The molecule has 2 rings (SSSR count). The summed E-state index contributed by atoms with van der Waals surface area (Å²) >= 11 is 0. The van der Waals surface area contributed by atoms with E-state index in [2.05, 4.69) is 5.48 Å². The first-order valence-electron chi connectivity index (χ1n) is 6.98. The molecular formula is C15H21NO3. The van der Waals surface area contributed by atoms with Crippen molar-refractivity contribution in [3.63, 3.8) is 0 Å². The zero-order valence-electron chi connectivity index (χ0n) is 11.4. The molecule has 0 atom stereocenters. The predicted octanol–water partition coefficient (Wildman–Crippen LogP) is 3.08. The number of nitrogens with one attached hydrogen (secondary N) is 1. The van der Waals surface area contributed by atoms with E-state index < -0.39 is 0 Å². The van der Waals surface area contributed by atoms with Gasteiger partial charge >= 0.3 is 0 Å². The van der Waals surface area contributed by atoms with Gasteiger partial charge in [-0.2, -0.15) is 0 Å². The Morgan fingerprint density at radius 2 is 2.16 bits per heavy atom. The highest BCUT2D eigenvalue weighted by Crippen LogP contribution is 2.20. The number of carbonyl (C=O) groups excluding carboxylic acids is 1. The number of benzene rings is 1. The Bertz CT molecular complexity index is 414. The van der Waals surface area contributed by atoms with Gasteiger partial charge in [0.2, 0.25) is 0 Å². The maximum atomic E-state index is 11.9. The second-order valence-corrected chi connectivity index (χ2v) is 4.83. The van der Waals surface area contributed by atoms with Crippen LogP contribution in [-0.2, 0) is 4.84 Å². The van der Waals surface area contributed by atoms with E-state index in [1.165, 1.54) is 12.8 Å². The molecule has 1 N–H and O–H groups in total. The summed E-state index contributed by atoms with van der Waals surface area (Å²) in [7, 11) is 0. The van der Waals surface area contributed by atoms with Crippen LogP contribution in [0.4, 0.5) is 0 Å². The number of hydroxylamine groups is 1. The Labute approximate surface area is 114 Å². The first kappa shape index (κ1) is 13.9. The molecule has 4 heteroatoms. The lowest BCUT2D eigenvalue weighted by Crippen LogP contribution is -2.28. The molecule has 0 bridgehead atoms. The minimum atomic E-state index is -0.214. The van der Waals surface area contributed by atoms with Crippen LogP contribution in [0.3, 0.4) is 0 Å². The van der Waals surface area contributed by atoms with Crippen LogP contribution >= 0.6 is 0 Å². The minimum absolute atomic E-state index is 0.170. The van der Waals surface area contributed by atoms with Crippen molar-refractivity contribution >= 4 is 5.91 Å². The standard InChI is InChI=1S/C15H21NO3/c1-2-10-18-14-9-5-6-12(11-14)15(17)16-19-13-7-3-4-8-13/h5-6,9,11,13H,2-4,7-8,10H2,1H3,(H,16,17). The van der Waals surface area contributed by atoms with Crippen molar-refractivity contribution in [1.29, 1.82) is 0 Å². The smallest absolute Gasteiger partial charge is 0.274 e. The summed E-state index contributed by atoms with van der Waals surface area (Å²) in [6.45, 7) is 2.70. The molecular weight excluding hydrogens is 242 g/mol. The van der Waals surface area contributed by atoms with Crippen molar-refractivity contribution in [2.24, 2.45) is 0 Å². The van der Waals surface area contributed by atoms with Crippen LogP contribution in [-0.4, -0.2) is 18.6 Å². The minimum Gasteiger partial charge on any atom is -0.494 e. The number of hydrogen-bond donors (Lipinski definition) is 1. The molecule has 19 heavy (non-hydrogen) atoms. The average Bonchev–Trinajstić information content (AvgIpc) is 2.96. The Balaban J connectivity index is 1.86. The SMILES string of the molecule is CCCOc1cccc(C(=O)NOC2CCCC2)c1. The van der Waals surface area contributed by atoms with Gasteiger partial charge in [0.25, 0.3) is 5.91 Å². The number of hydrogen-bond acceptors (Lipinski definition) is 3. The van der Waals surface area contributed by atoms with Crippen molar-refractivity contribution in [3.8, 4) is 5.75 Å². The topological polar surface area (TPSA) is 47.6 Å². The molecule has 1 aromatic rings. The van der Waals surface area contributed by atoms with Gasteiger partial charge in [-0.1, -0.05) is 25.8 Å². The molecule has 0 unspecified atom stereocenters. The van der Waals surface area contributed by atoms with Gasteiger partial charge in [-0.3, -0.25) is 9.63 Å². The Kier molecular flexibility index (Phi) is 5.21. The van der Waals surface area contributed by atoms with Gasteiger partial charge in [-0.15, -0.1) is 0 Å². The molecule has 1 saturated carbocycles. The van der Waals surface area contributed by atoms with Crippen LogP contribution < -0.4 is 10.2 Å². The van der Waals surface area contributed by atoms with Crippen molar-refractivity contribution < 1.29 is 14.4 Å². The van der Waals surface area contributed by atoms with E-state index in [4.69, 9.17) is 9.57 Å². The molecule has 0 spiro atoms. The average molecular weight is 263 g/mol. The largest absolute Gasteiger partial charge is 0.494 e. The molecule has 0 aliphatic heterocycles. The molecule has 0 radical (unpaired) electrons. The summed E-state index contributed by atoms with van der Waals surface area (Å²) in [6.07, 6.45) is 5.53. The number of carbonyl (C=O) groups is 1. The molecule has 1 amide bonds. The molecule has 1 fully saturated rings. The first-order valence-corrected chi connectivity index (χ1v) is 6.98. The fraction of sp³-hybridized carbons (Fsp3) is 0.533. The van der Waals surface area contributed by atoms with E-state index in [1.807, 2.05) is 19.1 Å². The molecule has 1 aliphatic carbocycles. The molecule has 104 valence electrons. The van der Waals surface area contributed by atoms with E-state index in [0.29, 0.717) is 12.2 Å². The predicted molar refractivity (Wildman–Crippen MR) is 73.0 cm³/mol. The van der Waals surface area contributed by atoms with E-state index in [1.54, 1.807) is 12.1 Å². The van der Waals surface area contributed by atoms with Crippen LogP contribution in [0.15, 0.2) is 24.3 Å². The zero-order chi connectivity index (χ0) is 13.5. The fourth-order valence-corrected chi connectivity index (χ4v) is 2.15. The highest BCUT2D eigenvalue weighted by atomic mass is 16.7. The zero-order valence-corrected chi connectivity index (χ0v) is 11.4. The Hall–Kier alpha value is -1.55. The Morgan fingerprint density at radius 3 is 2.89 bits per heavy atom. The first-order chi connectivity index (χ1) is 9.29. The second kappa shape index (κ2) is 7.14. The second-order valence-electron chi connectivity index (χ2n) is 4.83. The normalized spacial score (nSPS) is 15.4. The monoisotopic (exact) mass is 263 g/mol. The lowest BCUT2D eigenvalue weighted by Gasteiger charge is -2.12. The van der Waals surface area contributed by atoms with Gasteiger partial charge in [0.05, 0.1) is 12.7 Å². The van der Waals surface area contributed by atoms with Gasteiger partial charge in [0.1, 0.15) is 5.75 Å². The summed E-state index contributed by atoms with van der Waals surface area (Å²) in [5.41, 5.74) is 3.09. The van der Waals surface area contributed by atoms with Crippen molar-refractivity contribution in [3.05, 3.63) is 29.8 Å². The van der Waals surface area contributed by atoms with E-state index in [9.17, 15) is 4.79 Å². The van der Waals surface area contributed by atoms with Crippen molar-refractivity contribution in [2.75, 3.05) is 6.61 Å². The number of ether oxygens (including phenoxy) is 1. The fourth-order valence-electron chi connectivity index (χ4n) is 2.15. The molecule has 0 aromatic heterocycles. The summed E-state index contributed by atoms with van der Waals surface area (Å²) in [6, 6.07) is 7.16. The molecule has 1 aliphatic rings. The summed E-state index contributed by atoms with van der Waals surface area (Å²) in [4.78, 5) is 17.3. The van der Waals surface area contributed by atoms with Crippen molar-refractivity contribution in [1.82, 2.24) is 5.48 Å². The maximum Gasteiger partial charge on any atom is 0.274 e. The van der Waals surface area contributed by atoms with Crippen LogP contribution in [0.2, 0.25) is 0 Å². The van der Waals surface area contributed by atoms with Crippen LogP contribution in [0.1, 0.15) is 49.4 Å². The summed E-state index contributed by atoms with van der Waals surface area (Å²) in [5, 5.41) is 0. The summed E-state index contributed by atoms with van der Waals surface area (Å²) in [5.74, 6) is 0.504. The quantitative estimate of drug-likeness (QED) is 0.802. The third-order valence-corrected chi connectivity index (χ3v) is 3.19. The number of rotatable bonds is 6. The van der Waals surface area contributed by atoms with Crippen LogP contribution in [0.25, 0.3) is 0 Å². The van der Waals surface area contributed by atoms with Gasteiger partial charge in [0.15, 0.2) is 0 Å². The van der Waals surface area contributed by atoms with E-state index in [0.717, 1.165) is 25.0 Å². The lowest BCUT2D eigenvalue weighted by atomic mass is 10.2. The van der Waals surface area contributed by atoms with Gasteiger partial charge in [0, 0.05) is 5.56 Å². The third-order valence-electron chi connectivity index (χ3n) is 3.19. The highest BCUT2D eigenvalue weighted by Gasteiger charge is 2.17. The van der Waals surface area contributed by atoms with Crippen molar-refractivity contribution in [2.45, 2.75) is 45.1 Å². The van der Waals surface area contributed by atoms with Gasteiger partial charge in [-0.25, -0.2) is 5.48 Å². The van der Waals surface area contributed by atoms with E-state index >= 15 is 0 Å². The van der Waals surface area contributed by atoms with E-state index in [-0.39, 0.29) is 12.0 Å². The number of amides is 1. The van der Waals surface area contributed by atoms with Gasteiger partial charge in [-0.05, 0) is 37.5 Å². The lowest BCUT2D eigenvalue weighted by molar-refractivity contribution is -0.0125. The molecule has 0 heterocycles. The van der Waals surface area contributed by atoms with Gasteiger partial charge < -0.3 is 4.74 Å². The maximum absolute atomic E-state index is 11.9. The van der Waals surface area contributed by atoms with Crippen LogP contribution in [0.5, 0.6) is 5.75 Å². The Morgan fingerprint density at radius 1 is 1.37 bits per heavy atom. The molecule has 4 nitrogen and oxygen atoms in total. The summed E-state index contributed by atoms with van der Waals surface area (Å²) < 4.78 is 5.50. The molecule has 1 aromatic carbocycles. The third kappa shape index (κ3) is 4.24. The van der Waals surface area contributed by atoms with Crippen LogP contribution in [0, 0.1) is 0 Å². The molecule has 0 saturated heterocycles.